The maximum Gasteiger partial charge on any atom is 0.451 e. The van der Waals surface area contributed by atoms with Crippen LogP contribution in [0.25, 0.3) is 11.2 Å². The minimum atomic E-state index is -4.86. The molecule has 1 saturated carbocycles. The Kier molecular flexibility index (Phi) is 4.28. The number of nitrogens with zero attached hydrogens (tertiary/aromatic N) is 4. The number of imidazole rings is 1. The molecule has 8 nitrogen and oxygen atoms in total. The number of anilines is 1. The van der Waals surface area contributed by atoms with Crippen molar-refractivity contribution in [2.45, 2.75) is 55.9 Å². The zero-order valence-electron chi connectivity index (χ0n) is 14.9. The van der Waals surface area contributed by atoms with Crippen LogP contribution in [-0.4, -0.2) is 60.7 Å². The topological polar surface area (TPSA) is 105 Å². The van der Waals surface area contributed by atoms with E-state index in [0.29, 0.717) is 4.57 Å². The molecule has 4 rings (SSSR count). The molecule has 1 aliphatic heterocycles. The van der Waals surface area contributed by atoms with Gasteiger partial charge >= 0.3 is 6.18 Å². The summed E-state index contributed by atoms with van der Waals surface area (Å²) in [5, 5.41) is 22.3. The molecule has 2 aliphatic rings. The summed E-state index contributed by atoms with van der Waals surface area (Å²) >= 11 is 0. The minimum Gasteiger partial charge on any atom is -0.394 e. The fourth-order valence-electron chi connectivity index (χ4n) is 3.55. The maximum absolute atomic E-state index is 15.5. The van der Waals surface area contributed by atoms with Crippen molar-refractivity contribution in [1.29, 1.82) is 0 Å². The van der Waals surface area contributed by atoms with Crippen LogP contribution < -0.4 is 5.32 Å². The van der Waals surface area contributed by atoms with Crippen molar-refractivity contribution < 1.29 is 32.5 Å². The van der Waals surface area contributed by atoms with Crippen LogP contribution in [0.4, 0.5) is 23.4 Å². The zero-order chi connectivity index (χ0) is 20.3. The number of aromatic nitrogens is 4. The molecule has 2 aromatic rings. The van der Waals surface area contributed by atoms with Crippen LogP contribution in [0, 0.1) is 0 Å². The number of halogens is 4. The van der Waals surface area contributed by atoms with Gasteiger partial charge < -0.3 is 20.3 Å². The van der Waals surface area contributed by atoms with Crippen molar-refractivity contribution >= 4 is 17.0 Å². The molecule has 2 fully saturated rings. The lowest BCUT2D eigenvalue weighted by atomic mass is 9.78. The first-order valence-corrected chi connectivity index (χ1v) is 8.78. The lowest BCUT2D eigenvalue weighted by molar-refractivity contribution is -0.144. The summed E-state index contributed by atoms with van der Waals surface area (Å²) in [6.45, 7) is 0.538. The Hall–Kier alpha value is -2.05. The Labute approximate surface area is 156 Å². The van der Waals surface area contributed by atoms with Gasteiger partial charge in [-0.05, 0) is 26.2 Å². The summed E-state index contributed by atoms with van der Waals surface area (Å²) in [4.78, 5) is 11.0. The first-order chi connectivity index (χ1) is 13.1. The summed E-state index contributed by atoms with van der Waals surface area (Å²) in [7, 11) is 0. The number of hydrogen-bond donors (Lipinski definition) is 3. The molecule has 0 spiro atoms. The van der Waals surface area contributed by atoms with Gasteiger partial charge in [0.1, 0.15) is 18.8 Å². The molecule has 0 amide bonds. The second kappa shape index (κ2) is 6.22. The van der Waals surface area contributed by atoms with E-state index in [2.05, 4.69) is 20.3 Å². The normalized spacial score (nSPS) is 29.8. The molecule has 1 aliphatic carbocycles. The van der Waals surface area contributed by atoms with E-state index < -0.39 is 54.4 Å². The zero-order valence-corrected chi connectivity index (χ0v) is 14.9. The third kappa shape index (κ3) is 2.90. The van der Waals surface area contributed by atoms with Crippen LogP contribution in [0.1, 0.15) is 32.0 Å². The van der Waals surface area contributed by atoms with Crippen LogP contribution in [-0.2, 0) is 16.7 Å². The molecule has 0 bridgehead atoms. The van der Waals surface area contributed by atoms with Gasteiger partial charge in [0.05, 0.1) is 12.9 Å². The van der Waals surface area contributed by atoms with Crippen molar-refractivity contribution in [2.24, 2.45) is 0 Å². The molecular weight excluding hydrogens is 386 g/mol. The molecule has 3 atom stereocenters. The highest BCUT2D eigenvalue weighted by molar-refractivity contribution is 5.83. The molecule has 28 heavy (non-hydrogen) atoms. The van der Waals surface area contributed by atoms with E-state index in [1.54, 1.807) is 0 Å². The highest BCUT2D eigenvalue weighted by atomic mass is 19.4. The van der Waals surface area contributed by atoms with E-state index in [1.807, 2.05) is 6.92 Å². The van der Waals surface area contributed by atoms with Gasteiger partial charge in [-0.2, -0.15) is 13.2 Å². The van der Waals surface area contributed by atoms with Crippen LogP contribution in [0.2, 0.25) is 0 Å². The van der Waals surface area contributed by atoms with E-state index in [-0.39, 0.29) is 11.3 Å². The van der Waals surface area contributed by atoms with Crippen molar-refractivity contribution in [3.05, 3.63) is 12.2 Å². The Morgan fingerprint density at radius 2 is 2.07 bits per heavy atom. The van der Waals surface area contributed by atoms with Gasteiger partial charge in [-0.15, -0.1) is 0 Å². The lowest BCUT2D eigenvalue weighted by Crippen LogP contribution is -2.43. The van der Waals surface area contributed by atoms with Crippen LogP contribution >= 0.6 is 0 Å². The molecule has 2 aromatic heterocycles. The molecule has 0 radical (unpaired) electrons. The number of hydrogen-bond acceptors (Lipinski definition) is 7. The summed E-state index contributed by atoms with van der Waals surface area (Å²) in [5.74, 6) is -4.21. The van der Waals surface area contributed by atoms with Gasteiger partial charge in [-0.3, -0.25) is 4.57 Å². The molecule has 12 heteroatoms. The minimum absolute atomic E-state index is 0.0437. The summed E-state index contributed by atoms with van der Waals surface area (Å²) < 4.78 is 61.3. The average molecular weight is 405 g/mol. The molecular formula is C16H19F4N5O3. The van der Waals surface area contributed by atoms with Crippen molar-refractivity contribution in [1.82, 2.24) is 19.5 Å². The number of aliphatic hydroxyl groups excluding tert-OH is 2. The van der Waals surface area contributed by atoms with Gasteiger partial charge in [0, 0.05) is 5.54 Å². The molecule has 3 N–H and O–H groups in total. The first kappa shape index (κ1) is 19.3. The predicted molar refractivity (Wildman–Crippen MR) is 88.1 cm³/mol. The number of rotatable bonds is 4. The van der Waals surface area contributed by atoms with E-state index in [4.69, 9.17) is 4.74 Å². The van der Waals surface area contributed by atoms with Crippen molar-refractivity contribution in [3.63, 3.8) is 0 Å². The highest BCUT2D eigenvalue weighted by Crippen LogP contribution is 2.40. The van der Waals surface area contributed by atoms with Crippen LogP contribution in [0.5, 0.6) is 0 Å². The number of alkyl halides is 4. The average Bonchev–Trinajstić information content (AvgIpc) is 3.15. The number of nitrogens with one attached hydrogen (secondary N) is 1. The van der Waals surface area contributed by atoms with Crippen molar-refractivity contribution in [2.75, 3.05) is 18.5 Å². The Morgan fingerprint density at radius 1 is 1.36 bits per heavy atom. The summed E-state index contributed by atoms with van der Waals surface area (Å²) in [6, 6.07) is 0. The number of fused-ring (bicyclic) bond motifs is 1. The fourth-order valence-corrected chi connectivity index (χ4v) is 3.55. The smallest absolute Gasteiger partial charge is 0.394 e. The third-order valence-corrected chi connectivity index (χ3v) is 5.41. The predicted octanol–water partition coefficient (Wildman–Crippen LogP) is 1.57. The first-order valence-electron chi connectivity index (χ1n) is 8.78. The van der Waals surface area contributed by atoms with Gasteiger partial charge in [0.2, 0.25) is 11.6 Å². The summed E-state index contributed by atoms with van der Waals surface area (Å²) in [6.07, 6.45) is -4.49. The Bertz CT molecular complexity index is 900. The van der Waals surface area contributed by atoms with Crippen molar-refractivity contribution in [3.8, 4) is 0 Å². The lowest BCUT2D eigenvalue weighted by Gasteiger charge is -2.39. The second-order valence-electron chi connectivity index (χ2n) is 7.52. The second-order valence-corrected chi connectivity index (χ2v) is 7.52. The van der Waals surface area contributed by atoms with Gasteiger partial charge in [-0.25, -0.2) is 19.3 Å². The number of aliphatic hydroxyl groups is 2. The summed E-state index contributed by atoms with van der Waals surface area (Å²) in [5.41, 5.74) is -0.895. The largest absolute Gasteiger partial charge is 0.451 e. The van der Waals surface area contributed by atoms with Gasteiger partial charge in [0.25, 0.3) is 0 Å². The van der Waals surface area contributed by atoms with E-state index in [0.717, 1.165) is 25.6 Å². The standard InChI is InChI=1S/C16H19F4N5O3/c1-14(3-2-4-14)24-11-9-12(23-13(22-11)16(18,19)20)25(7-21-9)15(17)6-28-8(5-26)10(15)27/h7-8,10,26-27H,2-6H2,1H3,(H,22,23,24)/t8-,10-,15-/m1/s1. The van der Waals surface area contributed by atoms with E-state index in [1.165, 1.54) is 0 Å². The Balaban J connectivity index is 1.86. The molecule has 3 heterocycles. The SMILES string of the molecule is CC1(Nc2nc(C(F)(F)F)nc3c2ncn3[C@]2(F)CO[C@H](CO)[C@H]2O)CCC1. The van der Waals surface area contributed by atoms with Gasteiger partial charge in [-0.1, -0.05) is 0 Å². The fraction of sp³-hybridized carbons (Fsp3) is 0.688. The monoisotopic (exact) mass is 405 g/mol. The quantitative estimate of drug-likeness (QED) is 0.663. The van der Waals surface area contributed by atoms with Crippen LogP contribution in [0.3, 0.4) is 0 Å². The van der Waals surface area contributed by atoms with E-state index >= 15 is 4.39 Å². The molecule has 0 unspecified atom stereocenters. The molecule has 1 saturated heterocycles. The number of ether oxygens (including phenoxy) is 1. The third-order valence-electron chi connectivity index (χ3n) is 5.41. The van der Waals surface area contributed by atoms with Crippen LogP contribution in [0.15, 0.2) is 6.33 Å². The maximum atomic E-state index is 15.5. The molecule has 154 valence electrons. The highest BCUT2D eigenvalue weighted by Gasteiger charge is 2.52. The van der Waals surface area contributed by atoms with E-state index in [9.17, 15) is 23.4 Å². The van der Waals surface area contributed by atoms with Gasteiger partial charge in [0.15, 0.2) is 17.0 Å². The molecule has 0 aromatic carbocycles. The Morgan fingerprint density at radius 3 is 2.61 bits per heavy atom.